The van der Waals surface area contributed by atoms with Gasteiger partial charge in [0.2, 0.25) is 11.9 Å². The van der Waals surface area contributed by atoms with Crippen molar-refractivity contribution in [3.05, 3.63) is 119 Å². The Morgan fingerprint density at radius 3 is 1.36 bits per heavy atom. The fraction of sp³-hybridized carbons (Fsp3) is 0.250. The molecule has 0 heterocycles. The predicted molar refractivity (Wildman–Crippen MR) is 172 cm³/mol. The second-order valence-corrected chi connectivity index (χ2v) is 10.5. The van der Waals surface area contributed by atoms with E-state index in [0.717, 1.165) is 22.3 Å². The predicted octanol–water partition coefficient (Wildman–Crippen LogP) is 3.45. The van der Waals surface area contributed by atoms with Crippen molar-refractivity contribution >= 4 is 23.8 Å². The van der Waals surface area contributed by atoms with Gasteiger partial charge in [0.1, 0.15) is 0 Å². The molecular weight excluding hydrogens is 524 g/mol. The molecule has 10 N–H and O–H groups in total. The molecule has 2 atom stereocenters. The summed E-state index contributed by atoms with van der Waals surface area (Å²) in [5, 5.41) is 18.1. The molecule has 0 saturated carbocycles. The van der Waals surface area contributed by atoms with Gasteiger partial charge in [-0.25, -0.2) is 0 Å². The van der Waals surface area contributed by atoms with E-state index >= 15 is 0 Å². The third kappa shape index (κ3) is 5.97. The SMILES string of the molecule is Cc1ccccc1C1(N(CCN(C(=N)N=C(N)N)C2(c3ccccc3C)C=CC=CC2)C(=N)N=C(N)N)C=CC=CC1. The maximum Gasteiger partial charge on any atom is 0.222 e. The first kappa shape index (κ1) is 29.9. The first-order chi connectivity index (χ1) is 20.1. The van der Waals surface area contributed by atoms with Crippen LogP contribution in [0.4, 0.5) is 0 Å². The average Bonchev–Trinajstić information content (AvgIpc) is 2.95. The van der Waals surface area contributed by atoms with E-state index in [-0.39, 0.29) is 36.9 Å². The smallest absolute Gasteiger partial charge is 0.222 e. The largest absolute Gasteiger partial charge is 0.370 e. The average molecular weight is 565 g/mol. The van der Waals surface area contributed by atoms with E-state index < -0.39 is 11.1 Å². The molecule has 218 valence electrons. The van der Waals surface area contributed by atoms with Crippen molar-refractivity contribution in [3.63, 3.8) is 0 Å². The number of aliphatic imine (C=N–C) groups is 2. The van der Waals surface area contributed by atoms with Crippen molar-refractivity contribution in [2.75, 3.05) is 13.1 Å². The van der Waals surface area contributed by atoms with Crippen LogP contribution in [0.3, 0.4) is 0 Å². The lowest BCUT2D eigenvalue weighted by Gasteiger charge is -2.48. The Balaban J connectivity index is 1.87. The van der Waals surface area contributed by atoms with Gasteiger partial charge < -0.3 is 32.7 Å². The highest BCUT2D eigenvalue weighted by Gasteiger charge is 2.42. The summed E-state index contributed by atoms with van der Waals surface area (Å²) in [5.74, 6) is -0.588. The number of guanidine groups is 4. The van der Waals surface area contributed by atoms with Gasteiger partial charge in [-0.1, -0.05) is 97.1 Å². The lowest BCUT2D eigenvalue weighted by atomic mass is 9.79. The zero-order valence-corrected chi connectivity index (χ0v) is 24.2. The van der Waals surface area contributed by atoms with Crippen LogP contribution in [0, 0.1) is 24.7 Å². The lowest BCUT2D eigenvalue weighted by molar-refractivity contribution is 0.165. The van der Waals surface area contributed by atoms with E-state index in [2.05, 4.69) is 72.4 Å². The number of hydrogen-bond donors (Lipinski definition) is 6. The summed E-state index contributed by atoms with van der Waals surface area (Å²) in [5.41, 5.74) is 25.8. The molecule has 0 fully saturated rings. The highest BCUT2D eigenvalue weighted by molar-refractivity contribution is 5.93. The second-order valence-electron chi connectivity index (χ2n) is 10.5. The number of hydrogen-bond acceptors (Lipinski definition) is 2. The first-order valence-corrected chi connectivity index (χ1v) is 13.8. The number of rotatable bonds is 7. The van der Waals surface area contributed by atoms with Crippen molar-refractivity contribution < 1.29 is 0 Å². The van der Waals surface area contributed by atoms with Gasteiger partial charge in [0, 0.05) is 13.1 Å². The molecule has 0 aliphatic heterocycles. The van der Waals surface area contributed by atoms with Crippen LogP contribution in [0.2, 0.25) is 0 Å². The molecule has 0 bridgehead atoms. The standard InChI is InChI=1S/C32H40N10/c1-23-13-5-7-15-25(23)31(17-9-3-10-18-31)41(29(37)39-27(33)34)21-22-42(30(38)40-28(35)36)32(19-11-4-12-20-32)26-16-8-6-14-24(26)2/h3-17,19H,18,20-22H2,1-2H3,(H5,33,34,37,39)(H5,35,36,38,40). The summed E-state index contributed by atoms with van der Waals surface area (Å²) in [4.78, 5) is 12.1. The van der Waals surface area contributed by atoms with Crippen molar-refractivity contribution in [1.82, 2.24) is 9.80 Å². The fourth-order valence-electron chi connectivity index (χ4n) is 5.98. The van der Waals surface area contributed by atoms with Crippen LogP contribution in [0.15, 0.2) is 107 Å². The molecular formula is C32H40N10. The summed E-state index contributed by atoms with van der Waals surface area (Å²) in [6.07, 6.45) is 17.4. The summed E-state index contributed by atoms with van der Waals surface area (Å²) in [7, 11) is 0. The van der Waals surface area contributed by atoms with E-state index in [9.17, 15) is 0 Å². The fourth-order valence-corrected chi connectivity index (χ4v) is 5.98. The lowest BCUT2D eigenvalue weighted by Crippen LogP contribution is -2.55. The molecule has 10 heteroatoms. The molecule has 2 aromatic carbocycles. The molecule has 0 spiro atoms. The van der Waals surface area contributed by atoms with Crippen molar-refractivity contribution in [1.29, 1.82) is 10.8 Å². The minimum Gasteiger partial charge on any atom is -0.370 e. The van der Waals surface area contributed by atoms with Gasteiger partial charge in [0.05, 0.1) is 11.1 Å². The van der Waals surface area contributed by atoms with Crippen LogP contribution in [-0.2, 0) is 11.1 Å². The molecule has 4 rings (SSSR count). The Labute approximate surface area is 247 Å². The Kier molecular flexibility index (Phi) is 8.95. The normalized spacial score (nSPS) is 20.5. The maximum atomic E-state index is 9.07. The van der Waals surface area contributed by atoms with Gasteiger partial charge in [0.15, 0.2) is 11.9 Å². The molecule has 0 aromatic heterocycles. The molecule has 10 nitrogen and oxygen atoms in total. The van der Waals surface area contributed by atoms with Crippen molar-refractivity contribution in [2.45, 2.75) is 37.8 Å². The van der Waals surface area contributed by atoms with Crippen LogP contribution in [0.25, 0.3) is 0 Å². The van der Waals surface area contributed by atoms with E-state index in [1.807, 2.05) is 58.4 Å². The third-order valence-corrected chi connectivity index (χ3v) is 7.81. The highest BCUT2D eigenvalue weighted by atomic mass is 15.4. The van der Waals surface area contributed by atoms with E-state index in [1.165, 1.54) is 0 Å². The van der Waals surface area contributed by atoms with Gasteiger partial charge in [-0.15, -0.1) is 0 Å². The highest BCUT2D eigenvalue weighted by Crippen LogP contribution is 2.41. The summed E-state index contributed by atoms with van der Waals surface area (Å²) in [6, 6.07) is 16.2. The molecule has 0 saturated heterocycles. The molecule has 0 radical (unpaired) electrons. The number of nitrogens with one attached hydrogen (secondary N) is 2. The van der Waals surface area contributed by atoms with Gasteiger partial charge in [-0.3, -0.25) is 10.8 Å². The molecule has 2 aliphatic rings. The molecule has 42 heavy (non-hydrogen) atoms. The van der Waals surface area contributed by atoms with Gasteiger partial charge >= 0.3 is 0 Å². The van der Waals surface area contributed by atoms with Crippen LogP contribution in [-0.4, -0.2) is 46.7 Å². The van der Waals surface area contributed by atoms with Gasteiger partial charge in [-0.2, -0.15) is 9.98 Å². The molecule has 0 amide bonds. The summed E-state index contributed by atoms with van der Waals surface area (Å²) < 4.78 is 0. The number of aryl methyl sites for hydroxylation is 2. The van der Waals surface area contributed by atoms with E-state index in [0.29, 0.717) is 12.8 Å². The van der Waals surface area contributed by atoms with Gasteiger partial charge in [-0.05, 0) is 48.9 Å². The quantitative estimate of drug-likeness (QED) is 0.221. The van der Waals surface area contributed by atoms with Crippen LogP contribution >= 0.6 is 0 Å². The molecule has 2 unspecified atom stereocenters. The molecule has 2 aromatic rings. The third-order valence-electron chi connectivity index (χ3n) is 7.81. The van der Waals surface area contributed by atoms with Crippen molar-refractivity contribution in [3.8, 4) is 0 Å². The van der Waals surface area contributed by atoms with Crippen LogP contribution in [0.1, 0.15) is 35.1 Å². The van der Waals surface area contributed by atoms with Crippen LogP contribution in [0.5, 0.6) is 0 Å². The zero-order valence-electron chi connectivity index (χ0n) is 24.2. The maximum absolute atomic E-state index is 9.07. The van der Waals surface area contributed by atoms with Gasteiger partial charge in [0.25, 0.3) is 0 Å². The Morgan fingerprint density at radius 2 is 1.05 bits per heavy atom. The number of benzene rings is 2. The Hall–Kier alpha value is -5.12. The second kappa shape index (κ2) is 12.6. The minimum absolute atomic E-state index is 0.0875. The number of nitrogens with two attached hydrogens (primary N) is 4. The monoisotopic (exact) mass is 564 g/mol. The zero-order chi connectivity index (χ0) is 30.3. The van der Waals surface area contributed by atoms with Crippen molar-refractivity contribution in [2.24, 2.45) is 32.9 Å². The van der Waals surface area contributed by atoms with E-state index in [4.69, 9.17) is 33.8 Å². The number of nitrogens with zero attached hydrogens (tertiary/aromatic N) is 4. The number of allylic oxidation sites excluding steroid dienone is 4. The topological polar surface area (TPSA) is 183 Å². The molecule has 2 aliphatic carbocycles. The summed E-state index contributed by atoms with van der Waals surface area (Å²) >= 11 is 0. The van der Waals surface area contributed by atoms with Crippen LogP contribution < -0.4 is 22.9 Å². The first-order valence-electron chi connectivity index (χ1n) is 13.8. The Morgan fingerprint density at radius 1 is 0.667 bits per heavy atom. The Bertz CT molecular complexity index is 1390. The van der Waals surface area contributed by atoms with E-state index in [1.54, 1.807) is 0 Å². The minimum atomic E-state index is -0.752. The summed E-state index contributed by atoms with van der Waals surface area (Å²) in [6.45, 7) is 4.66.